The number of para-hydroxylation sites is 1. The van der Waals surface area contributed by atoms with Crippen LogP contribution in [-0.4, -0.2) is 26.7 Å². The molecule has 0 saturated heterocycles. The maximum atomic E-state index is 11.6. The van der Waals surface area contributed by atoms with Gasteiger partial charge < -0.3 is 21.9 Å². The molecule has 2 rings (SSSR count). The molecule has 0 unspecified atom stereocenters. The molecule has 7 N–H and O–H groups in total. The van der Waals surface area contributed by atoms with E-state index in [-0.39, 0.29) is 47.7 Å². The number of halogens is 2. The summed E-state index contributed by atoms with van der Waals surface area (Å²) < 4.78 is 1.07. The molecule has 1 aromatic heterocycles. The third kappa shape index (κ3) is 5.24. The number of fused-ring (bicyclic) bond motifs is 1. The number of carboxylic acids is 1. The molecule has 1 heterocycles. The highest BCUT2D eigenvalue weighted by Gasteiger charge is 2.07. The molecule has 0 bridgehead atoms. The molecule has 0 saturated carbocycles. The van der Waals surface area contributed by atoms with Crippen LogP contribution >= 0.6 is 24.8 Å². The van der Waals surface area contributed by atoms with Crippen molar-refractivity contribution < 1.29 is 20.9 Å². The summed E-state index contributed by atoms with van der Waals surface area (Å²) in [5.41, 5.74) is 0.999. The molecule has 0 fully saturated rings. The Balaban J connectivity index is -0.000000810. The zero-order valence-electron chi connectivity index (χ0n) is 10.9. The molecule has 21 heavy (non-hydrogen) atoms. The van der Waals surface area contributed by atoms with Crippen LogP contribution in [0.4, 0.5) is 0 Å². The number of nitrogens with zero attached hydrogens (tertiary/aromatic N) is 1. The number of carbonyl (C=O) groups is 1. The fourth-order valence-corrected chi connectivity index (χ4v) is 1.82. The van der Waals surface area contributed by atoms with Crippen LogP contribution in [0.3, 0.4) is 0 Å². The topological polar surface area (TPSA) is 148 Å². The Labute approximate surface area is 132 Å². The van der Waals surface area contributed by atoms with Crippen LogP contribution in [0.2, 0.25) is 0 Å². The number of pyridine rings is 1. The van der Waals surface area contributed by atoms with E-state index in [1.165, 1.54) is 6.07 Å². The van der Waals surface area contributed by atoms with Crippen molar-refractivity contribution >= 4 is 41.7 Å². The van der Waals surface area contributed by atoms with Crippen molar-refractivity contribution in [2.75, 3.05) is 5.84 Å². The summed E-state index contributed by atoms with van der Waals surface area (Å²) in [4.78, 5) is 22.1. The third-order valence-corrected chi connectivity index (χ3v) is 2.65. The molecule has 0 amide bonds. The third-order valence-electron chi connectivity index (χ3n) is 2.65. The van der Waals surface area contributed by atoms with Gasteiger partial charge >= 0.3 is 5.97 Å². The first-order valence-corrected chi connectivity index (χ1v) is 5.20. The average molecular weight is 341 g/mol. The van der Waals surface area contributed by atoms with E-state index >= 15 is 0 Å². The summed E-state index contributed by atoms with van der Waals surface area (Å²) in [5, 5.41) is 9.48. The molecule has 7 nitrogen and oxygen atoms in total. The minimum absolute atomic E-state index is 0. The van der Waals surface area contributed by atoms with E-state index in [2.05, 4.69) is 0 Å². The molecular weight excluding hydrogens is 323 g/mol. The standard InChI is InChI=1S/C12H12N2O3.2ClH.2H2O/c13-14-10-4-2-1-3-9(10)8(7-11(14)15)5-6-12(16)17;;;;/h1-4,7H,5-6,13H2,(H,16,17);2*1H;2*1H2. The Morgan fingerprint density at radius 2 is 1.76 bits per heavy atom. The van der Waals surface area contributed by atoms with Crippen LogP contribution in [0.15, 0.2) is 35.1 Å². The molecule has 0 atom stereocenters. The summed E-state index contributed by atoms with van der Waals surface area (Å²) in [6, 6.07) is 8.57. The molecule has 0 aliphatic carbocycles. The van der Waals surface area contributed by atoms with E-state index in [1.54, 1.807) is 12.1 Å². The van der Waals surface area contributed by atoms with Gasteiger partial charge in [0.2, 0.25) is 0 Å². The molecule has 0 spiro atoms. The van der Waals surface area contributed by atoms with Gasteiger partial charge in [0.25, 0.3) is 5.56 Å². The van der Waals surface area contributed by atoms with Gasteiger partial charge in [-0.15, -0.1) is 24.8 Å². The number of hydrogen-bond acceptors (Lipinski definition) is 3. The van der Waals surface area contributed by atoms with Crippen molar-refractivity contribution in [1.29, 1.82) is 0 Å². The zero-order chi connectivity index (χ0) is 12.4. The number of aromatic nitrogens is 1. The molecule has 120 valence electrons. The summed E-state index contributed by atoms with van der Waals surface area (Å²) in [5.74, 6) is 4.75. The smallest absolute Gasteiger partial charge is 0.303 e. The van der Waals surface area contributed by atoms with E-state index in [0.717, 1.165) is 15.6 Å². The quantitative estimate of drug-likeness (QED) is 0.751. The van der Waals surface area contributed by atoms with Crippen molar-refractivity contribution in [3.63, 3.8) is 0 Å². The molecule has 0 aliphatic rings. The number of nitrogens with two attached hydrogens (primary N) is 1. The van der Waals surface area contributed by atoms with Crippen molar-refractivity contribution in [1.82, 2.24) is 4.68 Å². The van der Waals surface area contributed by atoms with Crippen LogP contribution in [0, 0.1) is 0 Å². The number of rotatable bonds is 3. The molecule has 9 heteroatoms. The number of aryl methyl sites for hydroxylation is 1. The fraction of sp³-hybridized carbons (Fsp3) is 0.167. The van der Waals surface area contributed by atoms with Gasteiger partial charge in [-0.3, -0.25) is 9.59 Å². The lowest BCUT2D eigenvalue weighted by atomic mass is 10.0. The highest BCUT2D eigenvalue weighted by atomic mass is 35.5. The SMILES string of the molecule is Cl.Cl.Nn1c(=O)cc(CCC(=O)O)c2ccccc21.O.O. The van der Waals surface area contributed by atoms with Gasteiger partial charge in [-0.25, -0.2) is 4.68 Å². The summed E-state index contributed by atoms with van der Waals surface area (Å²) in [6.45, 7) is 0. The summed E-state index contributed by atoms with van der Waals surface area (Å²) in [6.07, 6.45) is 0.323. The maximum absolute atomic E-state index is 11.6. The molecule has 0 radical (unpaired) electrons. The van der Waals surface area contributed by atoms with Gasteiger partial charge in [-0.1, -0.05) is 18.2 Å². The predicted molar refractivity (Wildman–Crippen MR) is 86.0 cm³/mol. The number of aliphatic carboxylic acids is 1. The monoisotopic (exact) mass is 340 g/mol. The lowest BCUT2D eigenvalue weighted by molar-refractivity contribution is -0.136. The highest BCUT2D eigenvalue weighted by Crippen LogP contribution is 2.16. The van der Waals surface area contributed by atoms with Crippen molar-refractivity contribution in [2.24, 2.45) is 0 Å². The average Bonchev–Trinajstić information content (AvgIpc) is 2.32. The lowest BCUT2D eigenvalue weighted by Gasteiger charge is -2.08. The van der Waals surface area contributed by atoms with Crippen molar-refractivity contribution in [3.8, 4) is 0 Å². The first kappa shape index (κ1) is 24.2. The van der Waals surface area contributed by atoms with Crippen LogP contribution in [-0.2, 0) is 11.2 Å². The lowest BCUT2D eigenvalue weighted by Crippen LogP contribution is -2.27. The van der Waals surface area contributed by atoms with E-state index in [0.29, 0.717) is 11.9 Å². The van der Waals surface area contributed by atoms with Crippen LogP contribution in [0.1, 0.15) is 12.0 Å². The zero-order valence-corrected chi connectivity index (χ0v) is 12.5. The molecule has 0 aliphatic heterocycles. The molecule has 2 aromatic rings. The highest BCUT2D eigenvalue weighted by molar-refractivity contribution is 5.85. The van der Waals surface area contributed by atoms with Crippen molar-refractivity contribution in [3.05, 3.63) is 46.2 Å². The second kappa shape index (κ2) is 10.0. The second-order valence-corrected chi connectivity index (χ2v) is 3.79. The Morgan fingerprint density at radius 3 is 2.33 bits per heavy atom. The second-order valence-electron chi connectivity index (χ2n) is 3.79. The van der Waals surface area contributed by atoms with Gasteiger partial charge in [-0.2, -0.15) is 0 Å². The number of benzene rings is 1. The summed E-state index contributed by atoms with van der Waals surface area (Å²) in [7, 11) is 0. The Hall–Kier alpha value is -1.80. The minimum Gasteiger partial charge on any atom is -0.481 e. The van der Waals surface area contributed by atoms with E-state index in [1.807, 2.05) is 12.1 Å². The predicted octanol–water partition coefficient (Wildman–Crippen LogP) is -0.0733. The van der Waals surface area contributed by atoms with Gasteiger partial charge in [0.15, 0.2) is 0 Å². The van der Waals surface area contributed by atoms with E-state index < -0.39 is 5.97 Å². The maximum Gasteiger partial charge on any atom is 0.303 e. The molecule has 1 aromatic carbocycles. The normalized spacial score (nSPS) is 8.57. The summed E-state index contributed by atoms with van der Waals surface area (Å²) >= 11 is 0. The van der Waals surface area contributed by atoms with Gasteiger partial charge in [0.05, 0.1) is 5.52 Å². The fourth-order valence-electron chi connectivity index (χ4n) is 1.82. The van der Waals surface area contributed by atoms with Crippen LogP contribution in [0.5, 0.6) is 0 Å². The van der Waals surface area contributed by atoms with Crippen LogP contribution < -0.4 is 11.4 Å². The number of nitrogen functional groups attached to an aromatic ring is 1. The first-order valence-electron chi connectivity index (χ1n) is 5.20. The number of hydrogen-bond donors (Lipinski definition) is 2. The first-order chi connectivity index (χ1) is 8.09. The largest absolute Gasteiger partial charge is 0.481 e. The van der Waals surface area contributed by atoms with E-state index in [9.17, 15) is 9.59 Å². The van der Waals surface area contributed by atoms with Crippen LogP contribution in [0.25, 0.3) is 10.9 Å². The van der Waals surface area contributed by atoms with Gasteiger partial charge in [0, 0.05) is 17.9 Å². The Morgan fingerprint density at radius 1 is 1.19 bits per heavy atom. The van der Waals surface area contributed by atoms with Gasteiger partial charge in [-0.05, 0) is 18.1 Å². The Bertz CT molecular complexity index is 645. The Kier molecular flexibility index (Phi) is 11.5. The van der Waals surface area contributed by atoms with Gasteiger partial charge in [0.1, 0.15) is 0 Å². The number of carboxylic acid groups (broad SMARTS) is 1. The minimum atomic E-state index is -0.883. The van der Waals surface area contributed by atoms with Crippen molar-refractivity contribution in [2.45, 2.75) is 12.8 Å². The molecular formula is C12H18Cl2N2O5. The van der Waals surface area contributed by atoms with E-state index in [4.69, 9.17) is 10.9 Å².